The second kappa shape index (κ2) is 8.53. The lowest BCUT2D eigenvalue weighted by atomic mass is 9.48. The molecule has 0 aromatic rings. The van der Waals surface area contributed by atoms with Crippen LogP contribution >= 0.6 is 11.6 Å². The molecule has 4 rings (SSSR count). The van der Waals surface area contributed by atoms with Gasteiger partial charge in [-0.15, -0.1) is 11.6 Å². The van der Waals surface area contributed by atoms with Crippen molar-refractivity contribution in [2.75, 3.05) is 12.5 Å². The Morgan fingerprint density at radius 1 is 1.06 bits per heavy atom. The van der Waals surface area contributed by atoms with Crippen molar-refractivity contribution in [2.45, 2.75) is 78.2 Å². The van der Waals surface area contributed by atoms with Crippen molar-refractivity contribution in [3.63, 3.8) is 0 Å². The highest BCUT2D eigenvalue weighted by Crippen LogP contribution is 2.66. The number of ether oxygens (including phenoxy) is 2. The number of carbonyl (C=O) groups excluding carboxylic acids is 3. The predicted octanol–water partition coefficient (Wildman–Crippen LogP) is 4.85. The van der Waals surface area contributed by atoms with Crippen LogP contribution in [0.1, 0.15) is 72.1 Å². The first-order valence-electron chi connectivity index (χ1n) is 11.8. The van der Waals surface area contributed by atoms with Gasteiger partial charge in [-0.1, -0.05) is 18.6 Å². The molecule has 0 saturated heterocycles. The molecule has 4 aliphatic carbocycles. The lowest BCUT2D eigenvalue weighted by molar-refractivity contribution is -0.156. The highest BCUT2D eigenvalue weighted by atomic mass is 35.5. The average molecular weight is 451 g/mol. The van der Waals surface area contributed by atoms with E-state index in [1.807, 2.05) is 0 Å². The number of halogens is 1. The Bertz CT molecular complexity index is 791. The van der Waals surface area contributed by atoms with Crippen LogP contribution in [0.25, 0.3) is 0 Å². The van der Waals surface area contributed by atoms with Gasteiger partial charge in [0, 0.05) is 37.0 Å². The zero-order chi connectivity index (χ0) is 22.4. The molecule has 0 radical (unpaired) electrons. The quantitative estimate of drug-likeness (QED) is 0.340. The number of Topliss-reactive ketones (excluding diaryl/α,β-unsaturated/α-hetero) is 1. The number of alkyl halides is 1. The van der Waals surface area contributed by atoms with Crippen molar-refractivity contribution in [3.8, 4) is 0 Å². The maximum Gasteiger partial charge on any atom is 0.303 e. The summed E-state index contributed by atoms with van der Waals surface area (Å²) in [4.78, 5) is 35.8. The van der Waals surface area contributed by atoms with Crippen LogP contribution in [-0.2, 0) is 23.9 Å². The zero-order valence-electron chi connectivity index (χ0n) is 19.0. The Balaban J connectivity index is 1.61. The van der Waals surface area contributed by atoms with E-state index in [-0.39, 0.29) is 47.1 Å². The molecule has 0 aliphatic heterocycles. The van der Waals surface area contributed by atoms with E-state index in [2.05, 4.69) is 13.0 Å². The maximum absolute atomic E-state index is 12.9. The van der Waals surface area contributed by atoms with Crippen LogP contribution in [0.2, 0.25) is 0 Å². The normalized spacial score (nSPS) is 41.3. The number of allylic oxidation sites excluding steroid dienone is 2. The van der Waals surface area contributed by atoms with E-state index in [4.69, 9.17) is 21.1 Å². The molecule has 0 bridgehead atoms. The number of carbonyl (C=O) groups is 3. The Hall–Kier alpha value is -1.36. The van der Waals surface area contributed by atoms with Crippen molar-refractivity contribution in [1.29, 1.82) is 0 Å². The van der Waals surface area contributed by atoms with Gasteiger partial charge in [0.25, 0.3) is 0 Å². The van der Waals surface area contributed by atoms with Gasteiger partial charge >= 0.3 is 11.9 Å². The first-order valence-corrected chi connectivity index (χ1v) is 12.4. The summed E-state index contributed by atoms with van der Waals surface area (Å²) in [5, 5.41) is 0. The van der Waals surface area contributed by atoms with Crippen LogP contribution in [0.4, 0.5) is 0 Å². The molecule has 4 aliphatic rings. The summed E-state index contributed by atoms with van der Waals surface area (Å²) in [5.74, 6) is 1.15. The van der Waals surface area contributed by atoms with Crippen LogP contribution in [0.5, 0.6) is 0 Å². The van der Waals surface area contributed by atoms with Gasteiger partial charge in [0.15, 0.2) is 5.78 Å². The molecule has 7 atom stereocenters. The molecule has 3 fully saturated rings. The van der Waals surface area contributed by atoms with Crippen molar-refractivity contribution < 1.29 is 23.9 Å². The molecule has 2 unspecified atom stereocenters. The Kier molecular flexibility index (Phi) is 6.28. The minimum atomic E-state index is -0.402. The summed E-state index contributed by atoms with van der Waals surface area (Å²) in [6.07, 6.45) is 10.2. The molecule has 0 amide bonds. The summed E-state index contributed by atoms with van der Waals surface area (Å²) >= 11 is 6.71. The largest absolute Gasteiger partial charge is 0.462 e. The Morgan fingerprint density at radius 2 is 1.81 bits per heavy atom. The fourth-order valence-electron chi connectivity index (χ4n) is 7.79. The molecule has 0 aromatic heterocycles. The van der Waals surface area contributed by atoms with Gasteiger partial charge in [0.05, 0.1) is 0 Å². The minimum absolute atomic E-state index is 0.0400. The zero-order valence-corrected chi connectivity index (χ0v) is 19.7. The molecule has 0 aromatic carbocycles. The molecule has 0 spiro atoms. The van der Waals surface area contributed by atoms with Crippen LogP contribution in [0.3, 0.4) is 0 Å². The van der Waals surface area contributed by atoms with Crippen molar-refractivity contribution >= 4 is 29.3 Å². The monoisotopic (exact) mass is 450 g/mol. The van der Waals surface area contributed by atoms with Crippen LogP contribution in [0, 0.1) is 34.5 Å². The number of hydrogen-bond acceptors (Lipinski definition) is 5. The van der Waals surface area contributed by atoms with Gasteiger partial charge in [-0.05, 0) is 68.6 Å². The lowest BCUT2D eigenvalue weighted by Gasteiger charge is -2.58. The van der Waals surface area contributed by atoms with Gasteiger partial charge in [-0.3, -0.25) is 14.4 Å². The van der Waals surface area contributed by atoms with E-state index in [9.17, 15) is 14.4 Å². The summed E-state index contributed by atoms with van der Waals surface area (Å²) in [5.41, 5.74) is 1.30. The summed E-state index contributed by atoms with van der Waals surface area (Å²) in [7, 11) is 0. The van der Waals surface area contributed by atoms with Gasteiger partial charge < -0.3 is 9.47 Å². The number of fused-ring (bicyclic) bond motifs is 5. The fraction of sp³-hybridized carbons (Fsp3) is 0.800. The van der Waals surface area contributed by atoms with Gasteiger partial charge in [0.1, 0.15) is 12.7 Å². The highest BCUT2D eigenvalue weighted by molar-refractivity contribution is 6.18. The third-order valence-corrected chi connectivity index (χ3v) is 9.53. The van der Waals surface area contributed by atoms with E-state index in [0.29, 0.717) is 17.7 Å². The standard InChI is InChI=1S/C25H35ClO5/c1-15(27)30-13-22(29)20-9-8-18-17-6-7-21-23(31-16(2)28)5-4-11-25(21,14-26)19(17)10-12-24(18,20)3/h10,17-18,20-21,23H,4-9,11-14H2,1-3H3/t17-,18-,20+,21?,23?,24-,25-/m0/s1. The summed E-state index contributed by atoms with van der Waals surface area (Å²) in [6, 6.07) is 0. The van der Waals surface area contributed by atoms with Crippen LogP contribution in [0.15, 0.2) is 11.6 Å². The molecule has 6 heteroatoms. The third kappa shape index (κ3) is 3.75. The van der Waals surface area contributed by atoms with Crippen molar-refractivity contribution in [3.05, 3.63) is 11.6 Å². The van der Waals surface area contributed by atoms with Gasteiger partial charge in [0.2, 0.25) is 0 Å². The number of ketones is 1. The Labute approximate surface area is 190 Å². The maximum atomic E-state index is 12.9. The SMILES string of the molecule is CC(=O)OCC(=O)[C@H]1CC[C@H]2[C@@H]3CCC4C(OC(C)=O)CCC[C@]4(CCl)C3=CC[C@]12C. The molecule has 0 N–H and O–H groups in total. The second-order valence-corrected chi connectivity index (χ2v) is 10.7. The predicted molar refractivity (Wildman–Crippen MR) is 117 cm³/mol. The van der Waals surface area contributed by atoms with E-state index in [1.165, 1.54) is 19.4 Å². The first kappa shape index (κ1) is 22.8. The topological polar surface area (TPSA) is 69.7 Å². The van der Waals surface area contributed by atoms with E-state index >= 15 is 0 Å². The lowest BCUT2D eigenvalue weighted by Crippen LogP contribution is -2.53. The number of rotatable bonds is 5. The second-order valence-electron chi connectivity index (χ2n) is 10.5. The minimum Gasteiger partial charge on any atom is -0.462 e. The van der Waals surface area contributed by atoms with Gasteiger partial charge in [-0.25, -0.2) is 0 Å². The molecular formula is C25H35ClO5. The first-order chi connectivity index (χ1) is 14.7. The average Bonchev–Trinajstić information content (AvgIpc) is 3.08. The smallest absolute Gasteiger partial charge is 0.303 e. The van der Waals surface area contributed by atoms with Crippen molar-refractivity contribution in [2.24, 2.45) is 34.5 Å². The number of esters is 2. The molecular weight excluding hydrogens is 416 g/mol. The third-order valence-electron chi connectivity index (χ3n) is 9.05. The fourth-order valence-corrected chi connectivity index (χ4v) is 8.27. The van der Waals surface area contributed by atoms with Crippen molar-refractivity contribution in [1.82, 2.24) is 0 Å². The van der Waals surface area contributed by atoms with Crippen LogP contribution in [-0.4, -0.2) is 36.3 Å². The Morgan fingerprint density at radius 3 is 2.48 bits per heavy atom. The molecule has 5 nitrogen and oxygen atoms in total. The van der Waals surface area contributed by atoms with E-state index in [1.54, 1.807) is 0 Å². The van der Waals surface area contributed by atoms with Crippen LogP contribution < -0.4 is 0 Å². The molecule has 3 saturated carbocycles. The molecule has 172 valence electrons. The van der Waals surface area contributed by atoms with E-state index in [0.717, 1.165) is 51.4 Å². The summed E-state index contributed by atoms with van der Waals surface area (Å²) in [6.45, 7) is 5.00. The number of hydrogen-bond donors (Lipinski definition) is 0. The summed E-state index contributed by atoms with van der Waals surface area (Å²) < 4.78 is 10.8. The van der Waals surface area contributed by atoms with E-state index < -0.39 is 5.97 Å². The molecule has 31 heavy (non-hydrogen) atoms. The molecule has 0 heterocycles. The van der Waals surface area contributed by atoms with Gasteiger partial charge in [-0.2, -0.15) is 0 Å². The highest BCUT2D eigenvalue weighted by Gasteiger charge is 2.60.